The highest BCUT2D eigenvalue weighted by Crippen LogP contribution is 2.40. The molecule has 1 heterocycles. The summed E-state index contributed by atoms with van der Waals surface area (Å²) in [6, 6.07) is 0. The zero-order chi connectivity index (χ0) is 11.9. The molecular weight excluding hydrogens is 226 g/mol. The predicted octanol–water partition coefficient (Wildman–Crippen LogP) is 1.53. The van der Waals surface area contributed by atoms with Gasteiger partial charge in [0.2, 0.25) is 0 Å². The topological polar surface area (TPSA) is 70.4 Å². The lowest BCUT2D eigenvalue weighted by Crippen LogP contribution is -2.48. The fourth-order valence-electron chi connectivity index (χ4n) is 2.07. The van der Waals surface area contributed by atoms with Gasteiger partial charge in [-0.2, -0.15) is 0 Å². The molecule has 0 atom stereocenters. The van der Waals surface area contributed by atoms with Crippen molar-refractivity contribution in [3.05, 3.63) is 15.6 Å². The summed E-state index contributed by atoms with van der Waals surface area (Å²) in [6.45, 7) is 3.95. The van der Waals surface area contributed by atoms with E-state index < -0.39 is 11.6 Å². The number of carbonyl (C=O) groups is 1. The van der Waals surface area contributed by atoms with Crippen molar-refractivity contribution < 1.29 is 15.0 Å². The van der Waals surface area contributed by atoms with Crippen LogP contribution >= 0.6 is 11.3 Å². The highest BCUT2D eigenvalue weighted by molar-refractivity contribution is 7.11. The van der Waals surface area contributed by atoms with Crippen LogP contribution in [0.1, 0.15) is 28.4 Å². The number of aromatic nitrogens is 1. The minimum atomic E-state index is -0.847. The Morgan fingerprint density at radius 1 is 1.56 bits per heavy atom. The van der Waals surface area contributed by atoms with Crippen molar-refractivity contribution in [2.24, 2.45) is 5.92 Å². The summed E-state index contributed by atoms with van der Waals surface area (Å²) in [7, 11) is 0. The third-order valence-electron chi connectivity index (χ3n) is 3.16. The van der Waals surface area contributed by atoms with Gasteiger partial charge >= 0.3 is 5.97 Å². The second-order valence-corrected chi connectivity index (χ2v) is 5.88. The van der Waals surface area contributed by atoms with Gasteiger partial charge in [-0.1, -0.05) is 0 Å². The van der Waals surface area contributed by atoms with Gasteiger partial charge in [0.05, 0.1) is 22.2 Å². The van der Waals surface area contributed by atoms with Crippen molar-refractivity contribution >= 4 is 17.3 Å². The Morgan fingerprint density at radius 2 is 2.19 bits per heavy atom. The zero-order valence-corrected chi connectivity index (χ0v) is 10.2. The van der Waals surface area contributed by atoms with Crippen LogP contribution in [0.25, 0.3) is 0 Å². The van der Waals surface area contributed by atoms with Crippen LogP contribution in [-0.2, 0) is 11.2 Å². The SMILES string of the molecule is Cc1nc(CC2(O)CC(C(=O)O)C2)sc1C. The molecule has 0 spiro atoms. The Kier molecular flexibility index (Phi) is 2.75. The molecule has 88 valence electrons. The molecule has 0 aromatic carbocycles. The van der Waals surface area contributed by atoms with E-state index >= 15 is 0 Å². The highest BCUT2D eigenvalue weighted by atomic mass is 32.1. The molecule has 0 unspecified atom stereocenters. The first-order chi connectivity index (χ1) is 7.39. The Hall–Kier alpha value is -0.940. The fourth-order valence-corrected chi connectivity index (χ4v) is 3.14. The van der Waals surface area contributed by atoms with Crippen LogP contribution in [0.3, 0.4) is 0 Å². The van der Waals surface area contributed by atoms with Gasteiger partial charge < -0.3 is 10.2 Å². The van der Waals surface area contributed by atoms with Crippen LogP contribution in [0.4, 0.5) is 0 Å². The number of carboxylic acid groups (broad SMARTS) is 1. The molecule has 0 amide bonds. The molecule has 4 nitrogen and oxygen atoms in total. The van der Waals surface area contributed by atoms with Crippen LogP contribution in [0, 0.1) is 19.8 Å². The lowest BCUT2D eigenvalue weighted by molar-refractivity contribution is -0.158. The van der Waals surface area contributed by atoms with Crippen LogP contribution in [0.2, 0.25) is 0 Å². The molecule has 2 rings (SSSR count). The van der Waals surface area contributed by atoms with Crippen LogP contribution in [0.5, 0.6) is 0 Å². The summed E-state index contributed by atoms with van der Waals surface area (Å²) in [4.78, 5) is 16.2. The van der Waals surface area contributed by atoms with Crippen molar-refractivity contribution in [1.29, 1.82) is 0 Å². The van der Waals surface area contributed by atoms with E-state index in [0.29, 0.717) is 19.3 Å². The number of thiazole rings is 1. The van der Waals surface area contributed by atoms with Gasteiger partial charge in [-0.05, 0) is 26.7 Å². The number of hydrogen-bond acceptors (Lipinski definition) is 4. The van der Waals surface area contributed by atoms with Gasteiger partial charge in [-0.25, -0.2) is 4.98 Å². The molecule has 1 aliphatic rings. The van der Waals surface area contributed by atoms with Gasteiger partial charge in [0, 0.05) is 11.3 Å². The molecule has 5 heteroatoms. The lowest BCUT2D eigenvalue weighted by Gasteiger charge is -2.41. The molecule has 1 aromatic rings. The molecule has 1 aliphatic carbocycles. The van der Waals surface area contributed by atoms with Gasteiger partial charge in [-0.15, -0.1) is 11.3 Å². The summed E-state index contributed by atoms with van der Waals surface area (Å²) >= 11 is 1.58. The third-order valence-corrected chi connectivity index (χ3v) is 4.23. The predicted molar refractivity (Wildman–Crippen MR) is 60.6 cm³/mol. The van der Waals surface area contributed by atoms with Crippen molar-refractivity contribution in [2.75, 3.05) is 0 Å². The van der Waals surface area contributed by atoms with E-state index in [4.69, 9.17) is 5.11 Å². The molecule has 0 aliphatic heterocycles. The first-order valence-corrected chi connectivity index (χ1v) is 6.09. The normalized spacial score (nSPS) is 28.8. The number of aryl methyl sites for hydroxylation is 2. The monoisotopic (exact) mass is 241 g/mol. The fraction of sp³-hybridized carbons (Fsp3) is 0.636. The van der Waals surface area contributed by atoms with Crippen LogP contribution < -0.4 is 0 Å². The van der Waals surface area contributed by atoms with Gasteiger partial charge in [0.15, 0.2) is 0 Å². The van der Waals surface area contributed by atoms with Crippen molar-refractivity contribution in [1.82, 2.24) is 4.98 Å². The Labute approximate surface area is 98.0 Å². The molecule has 1 saturated carbocycles. The van der Waals surface area contributed by atoms with Gasteiger partial charge in [0.25, 0.3) is 0 Å². The quantitative estimate of drug-likeness (QED) is 0.842. The van der Waals surface area contributed by atoms with E-state index in [2.05, 4.69) is 4.98 Å². The molecule has 0 saturated heterocycles. The molecule has 1 aromatic heterocycles. The number of rotatable bonds is 3. The highest BCUT2D eigenvalue weighted by Gasteiger charge is 2.46. The number of aliphatic hydroxyl groups is 1. The van der Waals surface area contributed by atoms with Gasteiger partial charge in [-0.3, -0.25) is 4.79 Å². The zero-order valence-electron chi connectivity index (χ0n) is 9.36. The van der Waals surface area contributed by atoms with Crippen LogP contribution in [0.15, 0.2) is 0 Å². The number of aliphatic carboxylic acids is 1. The maximum Gasteiger partial charge on any atom is 0.306 e. The van der Waals surface area contributed by atoms with Crippen molar-refractivity contribution in [3.63, 3.8) is 0 Å². The van der Waals surface area contributed by atoms with E-state index in [0.717, 1.165) is 15.6 Å². The standard InChI is InChI=1S/C11H15NO3S/c1-6-7(2)16-9(12-6)5-11(15)3-8(4-11)10(13)14/h8,15H,3-5H2,1-2H3,(H,13,14). The smallest absolute Gasteiger partial charge is 0.306 e. The van der Waals surface area contributed by atoms with Gasteiger partial charge in [0.1, 0.15) is 0 Å². The van der Waals surface area contributed by atoms with E-state index in [1.807, 2.05) is 13.8 Å². The minimum absolute atomic E-state index is 0.347. The Balaban J connectivity index is 1.99. The first-order valence-electron chi connectivity index (χ1n) is 5.28. The Morgan fingerprint density at radius 3 is 2.62 bits per heavy atom. The largest absolute Gasteiger partial charge is 0.481 e. The average Bonchev–Trinajstić information content (AvgIpc) is 2.41. The van der Waals surface area contributed by atoms with E-state index in [1.165, 1.54) is 0 Å². The number of nitrogens with zero attached hydrogens (tertiary/aromatic N) is 1. The van der Waals surface area contributed by atoms with E-state index in [9.17, 15) is 9.90 Å². The maximum atomic E-state index is 10.7. The molecular formula is C11H15NO3S. The summed E-state index contributed by atoms with van der Waals surface area (Å²) in [5.74, 6) is -1.19. The molecule has 0 bridgehead atoms. The first kappa shape index (κ1) is 11.5. The molecule has 16 heavy (non-hydrogen) atoms. The van der Waals surface area contributed by atoms with E-state index in [1.54, 1.807) is 11.3 Å². The summed E-state index contributed by atoms with van der Waals surface area (Å²) < 4.78 is 0. The minimum Gasteiger partial charge on any atom is -0.481 e. The van der Waals surface area contributed by atoms with E-state index in [-0.39, 0.29) is 5.92 Å². The maximum absolute atomic E-state index is 10.7. The Bertz CT molecular complexity index is 401. The summed E-state index contributed by atoms with van der Waals surface area (Å²) in [5, 5.41) is 19.7. The second-order valence-electron chi connectivity index (χ2n) is 4.59. The molecule has 1 fully saturated rings. The number of hydrogen-bond donors (Lipinski definition) is 2. The van der Waals surface area contributed by atoms with Crippen LogP contribution in [-0.4, -0.2) is 26.8 Å². The number of carboxylic acids is 1. The van der Waals surface area contributed by atoms with Crippen molar-refractivity contribution in [2.45, 2.75) is 38.7 Å². The second kappa shape index (κ2) is 3.82. The molecule has 0 radical (unpaired) electrons. The lowest BCUT2D eigenvalue weighted by atomic mass is 9.69. The summed E-state index contributed by atoms with van der Waals surface area (Å²) in [6.07, 6.45) is 1.18. The average molecular weight is 241 g/mol. The summed E-state index contributed by atoms with van der Waals surface area (Å²) in [5.41, 5.74) is 0.150. The van der Waals surface area contributed by atoms with Crippen molar-refractivity contribution in [3.8, 4) is 0 Å². The molecule has 2 N–H and O–H groups in total. The third kappa shape index (κ3) is 2.10.